The molecule has 0 saturated heterocycles. The van der Waals surface area contributed by atoms with Gasteiger partial charge in [0.15, 0.2) is 0 Å². The predicted octanol–water partition coefficient (Wildman–Crippen LogP) is 2.24. The van der Waals surface area contributed by atoms with E-state index >= 15 is 0 Å². The number of aromatic nitrogens is 2. The van der Waals surface area contributed by atoms with Crippen molar-refractivity contribution in [1.82, 2.24) is 9.97 Å². The molecule has 3 nitrogen and oxygen atoms in total. The first kappa shape index (κ1) is 13.7. The molecule has 1 aromatic heterocycles. The minimum absolute atomic E-state index is 0.642. The molecule has 0 saturated carbocycles. The maximum Gasteiger partial charge on any atom is 0.224 e. The van der Waals surface area contributed by atoms with E-state index in [1.165, 1.54) is 16.9 Å². The largest absolute Gasteiger partial charge is 0.480 e. The van der Waals surface area contributed by atoms with Crippen LogP contribution in [0.5, 0.6) is 5.88 Å². The Bertz CT molecular complexity index is 665. The molecule has 3 aromatic rings. The Morgan fingerprint density at radius 3 is 1.95 bits per heavy atom. The van der Waals surface area contributed by atoms with E-state index in [0.29, 0.717) is 5.88 Å². The maximum atomic E-state index is 5.43. The summed E-state index contributed by atoms with van der Waals surface area (Å²) < 4.78 is 5.43. The van der Waals surface area contributed by atoms with E-state index in [1.807, 2.05) is 18.3 Å². The molecule has 4 heteroatoms. The van der Waals surface area contributed by atoms with Crippen LogP contribution in [0.15, 0.2) is 73.2 Å². The van der Waals surface area contributed by atoms with E-state index in [9.17, 15) is 0 Å². The Balaban J connectivity index is 2.17. The third-order valence-electron chi connectivity index (χ3n) is 3.12. The summed E-state index contributed by atoms with van der Waals surface area (Å²) in [6.07, 6.45) is 3.38. The summed E-state index contributed by atoms with van der Waals surface area (Å²) in [5, 5.41) is 3.55. The molecule has 0 fully saturated rings. The second-order valence-corrected chi connectivity index (χ2v) is 6.61. The molecule has 21 heavy (non-hydrogen) atoms. The van der Waals surface area contributed by atoms with Gasteiger partial charge in [0, 0.05) is 6.20 Å². The molecular weight excluding hydrogens is 279 g/mol. The van der Waals surface area contributed by atoms with Gasteiger partial charge in [-0.1, -0.05) is 60.7 Å². The van der Waals surface area contributed by atoms with Gasteiger partial charge >= 0.3 is 0 Å². The van der Waals surface area contributed by atoms with Crippen LogP contribution in [0.4, 0.5) is 0 Å². The summed E-state index contributed by atoms with van der Waals surface area (Å²) in [7, 11) is 0.926. The van der Waals surface area contributed by atoms with E-state index in [-0.39, 0.29) is 0 Å². The van der Waals surface area contributed by atoms with E-state index in [0.717, 1.165) is 5.30 Å². The molecule has 0 unspecified atom stereocenters. The van der Waals surface area contributed by atoms with Gasteiger partial charge in [0.25, 0.3) is 0 Å². The fourth-order valence-corrected chi connectivity index (χ4v) is 4.52. The minimum atomic E-state index is -0.723. The van der Waals surface area contributed by atoms with Crippen molar-refractivity contribution in [2.75, 3.05) is 7.11 Å². The molecule has 0 radical (unpaired) electrons. The minimum Gasteiger partial charge on any atom is -0.480 e. The van der Waals surface area contributed by atoms with Crippen LogP contribution in [-0.4, -0.2) is 17.1 Å². The second-order valence-electron chi connectivity index (χ2n) is 4.42. The van der Waals surface area contributed by atoms with Gasteiger partial charge in [0.05, 0.1) is 12.4 Å². The molecule has 1 heterocycles. The number of ether oxygens (including phenoxy) is 1. The quantitative estimate of drug-likeness (QED) is 0.692. The average molecular weight is 294 g/mol. The molecule has 0 aliphatic heterocycles. The van der Waals surface area contributed by atoms with E-state index in [2.05, 4.69) is 58.5 Å². The van der Waals surface area contributed by atoms with Gasteiger partial charge in [-0.3, -0.25) is 0 Å². The zero-order valence-corrected chi connectivity index (χ0v) is 12.6. The lowest BCUT2D eigenvalue weighted by atomic mass is 10.4. The van der Waals surface area contributed by atoms with Crippen molar-refractivity contribution in [3.05, 3.63) is 73.2 Å². The monoisotopic (exact) mass is 294 g/mol. The van der Waals surface area contributed by atoms with Crippen molar-refractivity contribution in [3.8, 4) is 5.88 Å². The molecule has 0 bridgehead atoms. The number of methoxy groups -OCH3 is 1. The Kier molecular flexibility index (Phi) is 4.23. The van der Waals surface area contributed by atoms with Crippen LogP contribution in [0.3, 0.4) is 0 Å². The van der Waals surface area contributed by atoms with E-state index in [1.54, 1.807) is 7.11 Å². The van der Waals surface area contributed by atoms with Crippen LogP contribution < -0.4 is 20.7 Å². The Morgan fingerprint density at radius 1 is 0.857 bits per heavy atom. The molecule has 104 valence electrons. The molecule has 2 aromatic carbocycles. The number of rotatable bonds is 4. The van der Waals surface area contributed by atoms with Gasteiger partial charge in [-0.15, -0.1) is 0 Å². The lowest BCUT2D eigenvalue weighted by molar-refractivity contribution is 0.400. The lowest BCUT2D eigenvalue weighted by Gasteiger charge is -2.20. The summed E-state index contributed by atoms with van der Waals surface area (Å²) in [5.41, 5.74) is 0. The standard InChI is InChI=1S/C17H15N2OP/c1-20-17-16(12-18-13-19-17)21(14-8-4-2-5-9-14)15-10-6-3-7-11-15/h2-13H,1H3. The number of hydrogen-bond donors (Lipinski definition) is 0. The average Bonchev–Trinajstić information content (AvgIpc) is 2.58. The summed E-state index contributed by atoms with van der Waals surface area (Å²) in [5.74, 6) is 0.642. The predicted molar refractivity (Wildman–Crippen MR) is 87.3 cm³/mol. The van der Waals surface area contributed by atoms with Crippen molar-refractivity contribution >= 4 is 23.8 Å². The fraction of sp³-hybridized carbons (Fsp3) is 0.0588. The highest BCUT2D eigenvalue weighted by atomic mass is 31.1. The molecule has 0 aliphatic rings. The summed E-state index contributed by atoms with van der Waals surface area (Å²) in [6.45, 7) is 0. The van der Waals surface area contributed by atoms with Crippen LogP contribution in [0, 0.1) is 0 Å². The van der Waals surface area contributed by atoms with Crippen LogP contribution in [0.1, 0.15) is 0 Å². The normalized spacial score (nSPS) is 10.6. The molecule has 3 rings (SSSR count). The highest BCUT2D eigenvalue weighted by Gasteiger charge is 2.20. The molecule has 0 spiro atoms. The fourth-order valence-electron chi connectivity index (χ4n) is 2.20. The third-order valence-corrected chi connectivity index (χ3v) is 5.54. The molecule has 0 amide bonds. The summed E-state index contributed by atoms with van der Waals surface area (Å²) in [6, 6.07) is 20.9. The summed E-state index contributed by atoms with van der Waals surface area (Å²) in [4.78, 5) is 8.44. The zero-order valence-electron chi connectivity index (χ0n) is 11.7. The first-order valence-electron chi connectivity index (χ1n) is 6.64. The third kappa shape index (κ3) is 2.93. The van der Waals surface area contributed by atoms with E-state index < -0.39 is 7.92 Å². The highest BCUT2D eigenvalue weighted by Crippen LogP contribution is 2.34. The van der Waals surface area contributed by atoms with Crippen molar-refractivity contribution < 1.29 is 4.74 Å². The zero-order chi connectivity index (χ0) is 14.5. The molecule has 0 atom stereocenters. The Hall–Kier alpha value is -2.25. The maximum absolute atomic E-state index is 5.43. The number of nitrogens with zero attached hydrogens (tertiary/aromatic N) is 2. The first-order chi connectivity index (χ1) is 10.4. The summed E-state index contributed by atoms with van der Waals surface area (Å²) >= 11 is 0. The number of benzene rings is 2. The Labute approximate surface area is 125 Å². The SMILES string of the molecule is COc1ncncc1P(c1ccccc1)c1ccccc1. The molecular formula is C17H15N2OP. The van der Waals surface area contributed by atoms with Crippen molar-refractivity contribution in [3.63, 3.8) is 0 Å². The highest BCUT2D eigenvalue weighted by molar-refractivity contribution is 7.80. The van der Waals surface area contributed by atoms with Gasteiger partial charge < -0.3 is 4.74 Å². The van der Waals surface area contributed by atoms with Crippen LogP contribution in [0.2, 0.25) is 0 Å². The van der Waals surface area contributed by atoms with Gasteiger partial charge in [-0.2, -0.15) is 0 Å². The van der Waals surface area contributed by atoms with Gasteiger partial charge in [-0.25, -0.2) is 9.97 Å². The molecule has 0 N–H and O–H groups in total. The Morgan fingerprint density at radius 2 is 1.43 bits per heavy atom. The van der Waals surface area contributed by atoms with Crippen molar-refractivity contribution in [2.45, 2.75) is 0 Å². The van der Waals surface area contributed by atoms with Crippen LogP contribution in [-0.2, 0) is 0 Å². The van der Waals surface area contributed by atoms with Gasteiger partial charge in [-0.05, 0) is 18.5 Å². The van der Waals surface area contributed by atoms with Crippen LogP contribution >= 0.6 is 7.92 Å². The van der Waals surface area contributed by atoms with Crippen molar-refractivity contribution in [1.29, 1.82) is 0 Å². The number of hydrogen-bond acceptors (Lipinski definition) is 3. The van der Waals surface area contributed by atoms with E-state index in [4.69, 9.17) is 4.74 Å². The van der Waals surface area contributed by atoms with Crippen LogP contribution in [0.25, 0.3) is 0 Å². The first-order valence-corrected chi connectivity index (χ1v) is 7.98. The molecule has 0 aliphatic carbocycles. The van der Waals surface area contributed by atoms with Gasteiger partial charge in [0.1, 0.15) is 6.33 Å². The van der Waals surface area contributed by atoms with Crippen molar-refractivity contribution in [2.24, 2.45) is 0 Å². The second kappa shape index (κ2) is 6.47. The van der Waals surface area contributed by atoms with Gasteiger partial charge in [0.2, 0.25) is 5.88 Å². The topological polar surface area (TPSA) is 35.0 Å². The smallest absolute Gasteiger partial charge is 0.224 e. The lowest BCUT2D eigenvalue weighted by Crippen LogP contribution is -2.22.